The molecule has 2 aromatic rings. The number of hydrogen-bond donors (Lipinski definition) is 3. The molecule has 0 bridgehead atoms. The molecule has 1 saturated heterocycles. The topological polar surface area (TPSA) is 153 Å². The first-order chi connectivity index (χ1) is 11.9. The molecule has 11 heteroatoms. The van der Waals surface area contributed by atoms with Crippen molar-refractivity contribution in [2.75, 3.05) is 20.7 Å². The molecule has 1 aliphatic rings. The van der Waals surface area contributed by atoms with E-state index < -0.39 is 24.0 Å². The van der Waals surface area contributed by atoms with E-state index in [0.29, 0.717) is 0 Å². The summed E-state index contributed by atoms with van der Waals surface area (Å²) in [5.74, 6) is 0.0501. The van der Waals surface area contributed by atoms with Crippen LogP contribution in [0.4, 0.5) is 5.95 Å². The third-order valence-electron chi connectivity index (χ3n) is 3.72. The molecule has 0 saturated carbocycles. The van der Waals surface area contributed by atoms with Crippen molar-refractivity contribution in [1.29, 1.82) is 5.26 Å². The summed E-state index contributed by atoms with van der Waals surface area (Å²) < 4.78 is 6.82. The number of fused-ring (bicyclic) bond motifs is 1. The lowest BCUT2D eigenvalue weighted by molar-refractivity contribution is -0.0470. The van der Waals surface area contributed by atoms with E-state index in [2.05, 4.69) is 20.1 Å². The zero-order valence-corrected chi connectivity index (χ0v) is 13.6. The number of aliphatic hydroxyl groups excluding tert-OH is 2. The highest BCUT2D eigenvalue weighted by Gasteiger charge is 2.36. The first-order valence-corrected chi connectivity index (χ1v) is 7.52. The Kier molecular flexibility index (Phi) is 4.49. The molecule has 0 aromatic carbocycles. The number of aromatic amines is 1. The maximum absolute atomic E-state index is 12.3. The molecule has 0 aliphatic carbocycles. The van der Waals surface area contributed by atoms with E-state index in [1.165, 1.54) is 11.0 Å². The van der Waals surface area contributed by atoms with Crippen LogP contribution in [0.1, 0.15) is 18.3 Å². The Morgan fingerprint density at radius 2 is 2.36 bits per heavy atom. The lowest BCUT2D eigenvalue weighted by Gasteiger charge is -2.12. The normalized spacial score (nSPS) is 23.4. The molecule has 1 aliphatic heterocycles. The molecule has 3 heterocycles. The highest BCUT2D eigenvalue weighted by Crippen LogP contribution is 2.30. The molecular formula is C14H17N7O4. The number of nitrogens with one attached hydrogen (secondary N) is 1. The second-order valence-electron chi connectivity index (χ2n) is 5.82. The third-order valence-corrected chi connectivity index (χ3v) is 3.72. The van der Waals surface area contributed by atoms with Crippen molar-refractivity contribution in [3.8, 4) is 6.07 Å². The van der Waals surface area contributed by atoms with Gasteiger partial charge in [-0.25, -0.2) is 9.67 Å². The minimum Gasteiger partial charge on any atom is -0.394 e. The number of hydrogen-bond acceptors (Lipinski definition) is 8. The Labute approximate surface area is 141 Å². The number of rotatable bonds is 4. The predicted molar refractivity (Wildman–Crippen MR) is 86.3 cm³/mol. The molecule has 11 nitrogen and oxygen atoms in total. The van der Waals surface area contributed by atoms with Gasteiger partial charge in [-0.1, -0.05) is 0 Å². The van der Waals surface area contributed by atoms with Crippen LogP contribution in [0.5, 0.6) is 0 Å². The molecule has 0 radical (unpaired) electrons. The monoisotopic (exact) mass is 347 g/mol. The summed E-state index contributed by atoms with van der Waals surface area (Å²) in [5, 5.41) is 32.5. The number of nitrogens with zero attached hydrogens (tertiary/aromatic N) is 6. The SMILES string of the molecule is CN(C)/C=N/c1nc2c(c(C#N)nn2[C@H]2C[C@H](O)[C@@H](CO)O2)c(=O)[nH]1. The Hall–Kier alpha value is -2.81. The van der Waals surface area contributed by atoms with Crippen LogP contribution in [0.3, 0.4) is 0 Å². The Bertz CT molecular complexity index is 910. The van der Waals surface area contributed by atoms with Gasteiger partial charge in [-0.2, -0.15) is 15.3 Å². The predicted octanol–water partition coefficient (Wildman–Crippen LogP) is -1.15. The van der Waals surface area contributed by atoms with Crippen LogP contribution in [0.15, 0.2) is 9.79 Å². The maximum atomic E-state index is 12.3. The van der Waals surface area contributed by atoms with E-state index in [1.54, 1.807) is 19.0 Å². The maximum Gasteiger partial charge on any atom is 0.264 e. The van der Waals surface area contributed by atoms with Crippen LogP contribution in [0.25, 0.3) is 11.0 Å². The molecule has 1 fully saturated rings. The lowest BCUT2D eigenvalue weighted by Crippen LogP contribution is -2.24. The minimum absolute atomic E-state index is 0.0249. The second kappa shape index (κ2) is 6.60. The number of aliphatic hydroxyl groups is 2. The Balaban J connectivity index is 2.13. The molecule has 2 aromatic heterocycles. The van der Waals surface area contributed by atoms with Gasteiger partial charge >= 0.3 is 0 Å². The van der Waals surface area contributed by atoms with Gasteiger partial charge in [-0.15, -0.1) is 0 Å². The van der Waals surface area contributed by atoms with Crippen molar-refractivity contribution in [1.82, 2.24) is 24.6 Å². The van der Waals surface area contributed by atoms with Gasteiger partial charge in [0.15, 0.2) is 17.6 Å². The van der Waals surface area contributed by atoms with Gasteiger partial charge in [0, 0.05) is 20.5 Å². The van der Waals surface area contributed by atoms with Crippen LogP contribution in [0, 0.1) is 11.3 Å². The van der Waals surface area contributed by atoms with Gasteiger partial charge in [0.2, 0.25) is 5.95 Å². The molecule has 3 atom stereocenters. The van der Waals surface area contributed by atoms with Gasteiger partial charge in [-0.3, -0.25) is 9.78 Å². The van der Waals surface area contributed by atoms with E-state index in [9.17, 15) is 20.3 Å². The minimum atomic E-state index is -0.881. The van der Waals surface area contributed by atoms with Crippen molar-refractivity contribution in [3.63, 3.8) is 0 Å². The number of H-pyrrole nitrogens is 1. The van der Waals surface area contributed by atoms with Crippen LogP contribution in [-0.4, -0.2) is 74.1 Å². The van der Waals surface area contributed by atoms with Gasteiger partial charge < -0.3 is 19.8 Å². The molecule has 3 rings (SSSR count). The average Bonchev–Trinajstić information content (AvgIpc) is 3.13. The van der Waals surface area contributed by atoms with Crippen LogP contribution in [-0.2, 0) is 4.74 Å². The zero-order chi connectivity index (χ0) is 18.1. The molecule has 0 spiro atoms. The largest absolute Gasteiger partial charge is 0.394 e. The molecule has 25 heavy (non-hydrogen) atoms. The van der Waals surface area contributed by atoms with E-state index in [4.69, 9.17) is 4.74 Å². The Morgan fingerprint density at radius 1 is 1.60 bits per heavy atom. The van der Waals surface area contributed by atoms with Gasteiger partial charge in [0.25, 0.3) is 5.56 Å². The molecule has 132 valence electrons. The number of aromatic nitrogens is 4. The number of ether oxygens (including phenoxy) is 1. The number of aliphatic imine (C=N–C) groups is 1. The highest BCUT2D eigenvalue weighted by molar-refractivity contribution is 5.81. The summed E-state index contributed by atoms with van der Waals surface area (Å²) in [6, 6.07) is 1.85. The first-order valence-electron chi connectivity index (χ1n) is 7.52. The van der Waals surface area contributed by atoms with Crippen LogP contribution < -0.4 is 5.56 Å². The van der Waals surface area contributed by atoms with E-state index in [-0.39, 0.29) is 35.7 Å². The van der Waals surface area contributed by atoms with Crippen molar-refractivity contribution in [3.05, 3.63) is 16.0 Å². The summed E-state index contributed by atoms with van der Waals surface area (Å²) in [6.07, 6.45) is -0.779. The summed E-state index contributed by atoms with van der Waals surface area (Å²) in [5.41, 5.74) is -0.518. The van der Waals surface area contributed by atoms with Gasteiger partial charge in [0.1, 0.15) is 17.6 Å². The lowest BCUT2D eigenvalue weighted by atomic mass is 10.2. The van der Waals surface area contributed by atoms with Crippen LogP contribution >= 0.6 is 0 Å². The molecule has 0 amide bonds. The van der Waals surface area contributed by atoms with Crippen LogP contribution in [0.2, 0.25) is 0 Å². The summed E-state index contributed by atoms with van der Waals surface area (Å²) >= 11 is 0. The van der Waals surface area contributed by atoms with Crippen molar-refractivity contribution >= 4 is 23.3 Å². The fraction of sp³-hybridized carbons (Fsp3) is 0.500. The standard InChI is InChI=1S/C14H17N7O4/c1-20(2)6-16-14-17-12-11(13(24)18-14)7(4-15)19-21(12)10-3-8(23)9(5-22)25-10/h6,8-10,22-23H,3,5H2,1-2H3,(H,17,18,24)/b16-6+/t8-,9+,10+/m0/s1. The van der Waals surface area contributed by atoms with Crippen molar-refractivity contribution in [2.45, 2.75) is 24.9 Å². The quantitative estimate of drug-likeness (QED) is 0.463. The fourth-order valence-corrected chi connectivity index (χ4v) is 2.57. The molecule has 3 N–H and O–H groups in total. The summed E-state index contributed by atoms with van der Waals surface area (Å²) in [4.78, 5) is 24.8. The number of nitriles is 1. The van der Waals surface area contributed by atoms with E-state index in [0.717, 1.165) is 0 Å². The van der Waals surface area contributed by atoms with Crippen molar-refractivity contribution < 1.29 is 14.9 Å². The zero-order valence-electron chi connectivity index (χ0n) is 13.6. The van der Waals surface area contributed by atoms with E-state index >= 15 is 0 Å². The first kappa shape index (κ1) is 17.0. The summed E-state index contributed by atoms with van der Waals surface area (Å²) in [6.45, 7) is -0.353. The third kappa shape index (κ3) is 3.10. The van der Waals surface area contributed by atoms with Gasteiger partial charge in [-0.05, 0) is 0 Å². The summed E-state index contributed by atoms with van der Waals surface area (Å²) in [7, 11) is 3.53. The molecule has 0 unspecified atom stereocenters. The van der Waals surface area contributed by atoms with E-state index in [1.807, 2.05) is 6.07 Å². The fourth-order valence-electron chi connectivity index (χ4n) is 2.57. The highest BCUT2D eigenvalue weighted by atomic mass is 16.5. The van der Waals surface area contributed by atoms with Gasteiger partial charge in [0.05, 0.1) is 19.0 Å². The smallest absolute Gasteiger partial charge is 0.264 e. The molecular weight excluding hydrogens is 330 g/mol. The second-order valence-corrected chi connectivity index (χ2v) is 5.82. The Morgan fingerprint density at radius 3 is 2.96 bits per heavy atom. The average molecular weight is 347 g/mol. The van der Waals surface area contributed by atoms with Crippen molar-refractivity contribution in [2.24, 2.45) is 4.99 Å².